The van der Waals surface area contributed by atoms with Crippen molar-refractivity contribution in [2.75, 3.05) is 33.2 Å². The maximum atomic E-state index is 2.11. The van der Waals surface area contributed by atoms with Gasteiger partial charge in [0, 0.05) is 10.2 Å². The lowest BCUT2D eigenvalue weighted by Gasteiger charge is -2.05. The third-order valence-electron chi connectivity index (χ3n) is 1.49. The third kappa shape index (κ3) is 6.87. The summed E-state index contributed by atoms with van der Waals surface area (Å²) in [5, 5.41) is 2.63. The van der Waals surface area contributed by atoms with Gasteiger partial charge in [-0.05, 0) is 35.9 Å². The summed E-state index contributed by atoms with van der Waals surface area (Å²) in [6.45, 7) is 0. The first kappa shape index (κ1) is 11.5. The molecule has 12 heavy (non-hydrogen) atoms. The molecule has 0 amide bonds. The van der Waals surface area contributed by atoms with E-state index in [-0.39, 0.29) is 0 Å². The van der Waals surface area contributed by atoms with Gasteiger partial charge in [-0.3, -0.25) is 0 Å². The second-order valence-electron chi connectivity index (χ2n) is 2.58. The molecule has 0 atom stereocenters. The molecule has 0 radical (unpaired) electrons. The van der Waals surface area contributed by atoms with Crippen molar-refractivity contribution in [3.63, 3.8) is 0 Å². The Morgan fingerprint density at radius 2 is 0.833 bits per heavy atom. The minimum absolute atomic E-state index is 1.31. The second-order valence-corrected chi connectivity index (χ2v) is 7.73. The maximum Gasteiger partial charge on any atom is 0.0392 e. The van der Waals surface area contributed by atoms with E-state index in [4.69, 9.17) is 0 Å². The van der Waals surface area contributed by atoms with Crippen LogP contribution in [0.25, 0.3) is 0 Å². The molecule has 0 aromatic heterocycles. The average Bonchev–Trinajstić information content (AvgIpc) is 2.05. The van der Waals surface area contributed by atoms with Crippen molar-refractivity contribution < 1.29 is 0 Å². The van der Waals surface area contributed by atoms with Crippen LogP contribution in [0.15, 0.2) is 0 Å². The molecule has 1 heterocycles. The van der Waals surface area contributed by atoms with E-state index in [0.29, 0.717) is 0 Å². The molecule has 1 aliphatic rings. The van der Waals surface area contributed by atoms with E-state index in [9.17, 15) is 0 Å². The van der Waals surface area contributed by atoms with Gasteiger partial charge in [0.2, 0.25) is 0 Å². The van der Waals surface area contributed by atoms with Crippen LogP contribution in [0.4, 0.5) is 0 Å². The Balaban J connectivity index is 2.00. The molecule has 0 bridgehead atoms. The topological polar surface area (TPSA) is 0 Å². The van der Waals surface area contributed by atoms with Crippen molar-refractivity contribution in [2.45, 2.75) is 12.8 Å². The molecule has 1 aliphatic heterocycles. The summed E-state index contributed by atoms with van der Waals surface area (Å²) in [4.78, 5) is 0. The number of rotatable bonds is 0. The zero-order valence-corrected chi connectivity index (χ0v) is 10.6. The molecule has 1 fully saturated rings. The van der Waals surface area contributed by atoms with Crippen molar-refractivity contribution in [3.8, 4) is 0 Å². The van der Waals surface area contributed by atoms with Crippen molar-refractivity contribution in [3.05, 3.63) is 0 Å². The molecule has 0 saturated carbocycles. The highest BCUT2D eigenvalue weighted by molar-refractivity contribution is 8.16. The van der Waals surface area contributed by atoms with Gasteiger partial charge < -0.3 is 0 Å². The van der Waals surface area contributed by atoms with Crippen molar-refractivity contribution in [1.82, 2.24) is 0 Å². The van der Waals surface area contributed by atoms with Gasteiger partial charge in [0.1, 0.15) is 0 Å². The molecule has 0 aromatic carbocycles. The molecule has 1 rings (SSSR count). The zero-order valence-electron chi connectivity index (χ0n) is 7.29. The minimum Gasteiger partial charge on any atom is -0.151 e. The Morgan fingerprint density at radius 1 is 0.500 bits per heavy atom. The Labute approximate surface area is 92.8 Å². The quantitative estimate of drug-likeness (QED) is 0.634. The first-order valence-corrected chi connectivity index (χ1v) is 8.93. The Bertz CT molecular complexity index is 54.0. The molecule has 0 N–H and O–H groups in total. The first-order valence-electron chi connectivity index (χ1n) is 4.31. The lowest BCUT2D eigenvalue weighted by atomic mass is 10.6. The van der Waals surface area contributed by atoms with Crippen molar-refractivity contribution in [2.24, 2.45) is 0 Å². The fourth-order valence-electron chi connectivity index (χ4n) is 0.880. The van der Waals surface area contributed by atoms with Crippen molar-refractivity contribution >= 4 is 47.0 Å². The number of hydrogen-bond acceptors (Lipinski definition) is 4. The molecule has 4 heteroatoms. The summed E-state index contributed by atoms with van der Waals surface area (Å²) < 4.78 is 0. The van der Waals surface area contributed by atoms with Gasteiger partial charge in [-0.25, -0.2) is 0 Å². The Hall–Kier alpha value is 1.40. The van der Waals surface area contributed by atoms with E-state index in [1.807, 2.05) is 0 Å². The number of hydrogen-bond donors (Lipinski definition) is 0. The van der Waals surface area contributed by atoms with E-state index in [0.717, 1.165) is 0 Å². The van der Waals surface area contributed by atoms with E-state index < -0.39 is 0 Å². The fourth-order valence-corrected chi connectivity index (χ4v) is 5.47. The number of thioether (sulfide) groups is 4. The summed E-state index contributed by atoms with van der Waals surface area (Å²) in [7, 11) is 0. The van der Waals surface area contributed by atoms with E-state index in [1.54, 1.807) is 0 Å². The van der Waals surface area contributed by atoms with E-state index in [2.05, 4.69) is 47.0 Å². The van der Waals surface area contributed by atoms with Crippen LogP contribution in [0.1, 0.15) is 12.8 Å². The fraction of sp³-hybridized carbons (Fsp3) is 1.00. The van der Waals surface area contributed by atoms with Gasteiger partial charge in [-0.2, -0.15) is 47.0 Å². The van der Waals surface area contributed by atoms with Gasteiger partial charge in [-0.1, -0.05) is 0 Å². The van der Waals surface area contributed by atoms with Gasteiger partial charge in [-0.15, -0.1) is 0 Å². The van der Waals surface area contributed by atoms with Gasteiger partial charge in [0.25, 0.3) is 0 Å². The molecule has 0 unspecified atom stereocenters. The highest BCUT2D eigenvalue weighted by Gasteiger charge is 1.96. The lowest BCUT2D eigenvalue weighted by Crippen LogP contribution is -1.90. The highest BCUT2D eigenvalue weighted by Crippen LogP contribution is 2.20. The lowest BCUT2D eigenvalue weighted by molar-refractivity contribution is 1.12. The summed E-state index contributed by atoms with van der Waals surface area (Å²) in [5.74, 6) is 5.46. The average molecular weight is 240 g/mol. The van der Waals surface area contributed by atoms with Gasteiger partial charge >= 0.3 is 0 Å². The van der Waals surface area contributed by atoms with Crippen LogP contribution in [0, 0.1) is 0 Å². The van der Waals surface area contributed by atoms with Crippen LogP contribution in [0.5, 0.6) is 0 Å². The van der Waals surface area contributed by atoms with Crippen LogP contribution in [-0.4, -0.2) is 33.2 Å². The van der Waals surface area contributed by atoms with Crippen LogP contribution < -0.4 is 0 Å². The molecule has 0 aliphatic carbocycles. The third-order valence-corrected chi connectivity index (χ3v) is 6.46. The molecule has 1 saturated heterocycles. The summed E-state index contributed by atoms with van der Waals surface area (Å²) in [6, 6.07) is 0. The smallest absolute Gasteiger partial charge is 0.0392 e. The predicted octanol–water partition coefficient (Wildman–Crippen LogP) is 3.63. The van der Waals surface area contributed by atoms with Crippen LogP contribution >= 0.6 is 47.0 Å². The normalized spacial score (nSPS) is 24.0. The molecule has 0 aromatic rings. The van der Waals surface area contributed by atoms with E-state index in [1.165, 1.54) is 46.0 Å². The molecular weight excluding hydrogens is 224 g/mol. The predicted molar refractivity (Wildman–Crippen MR) is 68.8 cm³/mol. The zero-order chi connectivity index (χ0) is 8.49. The van der Waals surface area contributed by atoms with Gasteiger partial charge in [0.05, 0.1) is 0 Å². The summed E-state index contributed by atoms with van der Waals surface area (Å²) >= 11 is 8.44. The van der Waals surface area contributed by atoms with E-state index >= 15 is 0 Å². The molecule has 0 spiro atoms. The first-order chi connectivity index (χ1) is 6.00. The highest BCUT2D eigenvalue weighted by atomic mass is 32.2. The maximum absolute atomic E-state index is 2.11. The van der Waals surface area contributed by atoms with Crippen LogP contribution in [0.2, 0.25) is 0 Å². The Kier molecular flexibility index (Phi) is 8.58. The second kappa shape index (κ2) is 8.97. The SMILES string of the molecule is C1CSCSCCCSCSC1. The summed E-state index contributed by atoms with van der Waals surface area (Å²) in [6.07, 6.45) is 2.80. The standard InChI is InChI=1S/C8H16S4/c1-3-9-7-11-5-2-6-12-8-10-4-1/h1-8H2. The molecule has 0 nitrogen and oxygen atoms in total. The van der Waals surface area contributed by atoms with Gasteiger partial charge in [0.15, 0.2) is 0 Å². The molecule has 72 valence electrons. The summed E-state index contributed by atoms with van der Waals surface area (Å²) in [5.41, 5.74) is 0. The van der Waals surface area contributed by atoms with Crippen molar-refractivity contribution in [1.29, 1.82) is 0 Å². The Morgan fingerprint density at radius 3 is 1.17 bits per heavy atom. The largest absolute Gasteiger partial charge is 0.151 e. The van der Waals surface area contributed by atoms with Crippen LogP contribution in [0.3, 0.4) is 0 Å². The van der Waals surface area contributed by atoms with Crippen LogP contribution in [-0.2, 0) is 0 Å². The minimum atomic E-state index is 1.31. The molecular formula is C8H16S4. The monoisotopic (exact) mass is 240 g/mol.